The van der Waals surface area contributed by atoms with Crippen molar-refractivity contribution in [2.75, 3.05) is 7.11 Å². The third-order valence-corrected chi connectivity index (χ3v) is 5.92. The monoisotopic (exact) mass is 340 g/mol. The molecule has 2 aliphatic rings. The lowest BCUT2D eigenvalue weighted by Crippen LogP contribution is -2.43. The normalized spacial score (nSPS) is 31.2. The summed E-state index contributed by atoms with van der Waals surface area (Å²) in [6.45, 7) is 5.52. The van der Waals surface area contributed by atoms with Gasteiger partial charge in [0.15, 0.2) is 5.76 Å². The van der Waals surface area contributed by atoms with Gasteiger partial charge < -0.3 is 14.6 Å². The van der Waals surface area contributed by atoms with Crippen LogP contribution in [0.3, 0.4) is 0 Å². The number of methoxy groups -OCH3 is 1. The summed E-state index contributed by atoms with van der Waals surface area (Å²) < 4.78 is 10.8. The molecule has 2 aliphatic carbocycles. The second kappa shape index (κ2) is 6.49. The average Bonchev–Trinajstić information content (AvgIpc) is 3.14. The summed E-state index contributed by atoms with van der Waals surface area (Å²) in [7, 11) is 1.67. The molecule has 0 saturated heterocycles. The summed E-state index contributed by atoms with van der Waals surface area (Å²) >= 11 is 0. The van der Waals surface area contributed by atoms with Gasteiger partial charge in [0.1, 0.15) is 11.4 Å². The Balaban J connectivity index is 1.40. The molecule has 4 heteroatoms. The van der Waals surface area contributed by atoms with Gasteiger partial charge in [-0.15, -0.1) is 0 Å². The Labute approximate surface area is 149 Å². The molecule has 2 aromatic rings. The second-order valence-corrected chi connectivity index (χ2v) is 8.33. The van der Waals surface area contributed by atoms with E-state index in [0.717, 1.165) is 47.1 Å². The molecular weight excluding hydrogens is 312 g/mol. The third kappa shape index (κ3) is 3.74. The highest BCUT2D eigenvalue weighted by atomic mass is 16.5. The van der Waals surface area contributed by atoms with Crippen molar-refractivity contribution in [2.24, 2.45) is 17.8 Å². The van der Waals surface area contributed by atoms with E-state index in [2.05, 4.69) is 24.3 Å². The van der Waals surface area contributed by atoms with Crippen LogP contribution in [-0.4, -0.2) is 17.8 Å². The zero-order valence-corrected chi connectivity index (χ0v) is 15.4. The van der Waals surface area contributed by atoms with E-state index in [-0.39, 0.29) is 5.54 Å². The molecule has 4 unspecified atom stereocenters. The van der Waals surface area contributed by atoms with Crippen LogP contribution in [0.25, 0.3) is 11.3 Å². The summed E-state index contributed by atoms with van der Waals surface area (Å²) in [5.41, 5.74) is 2.13. The molecule has 134 valence electrons. The van der Waals surface area contributed by atoms with Crippen molar-refractivity contribution in [3.8, 4) is 17.0 Å². The zero-order valence-electron chi connectivity index (χ0n) is 15.4. The standard InChI is InChI=1S/C21H28N2O2/c1-14-8-16-9-17(16)12-21(2,11-14)22-13-19-10-20(23-25-19)15-4-6-18(24-3)7-5-15/h4-7,10,14,16-17,22H,8-9,11-13H2,1-3H3. The first-order valence-electron chi connectivity index (χ1n) is 9.40. The van der Waals surface area contributed by atoms with Gasteiger partial charge in [0.2, 0.25) is 0 Å². The molecule has 0 amide bonds. The van der Waals surface area contributed by atoms with Crippen molar-refractivity contribution in [3.63, 3.8) is 0 Å². The van der Waals surface area contributed by atoms with Crippen LogP contribution >= 0.6 is 0 Å². The Morgan fingerprint density at radius 3 is 2.76 bits per heavy atom. The van der Waals surface area contributed by atoms with E-state index in [0.29, 0.717) is 0 Å². The first-order chi connectivity index (χ1) is 12.0. The molecule has 0 spiro atoms. The van der Waals surface area contributed by atoms with E-state index >= 15 is 0 Å². The Kier molecular flexibility index (Phi) is 4.32. The molecule has 1 aromatic carbocycles. The van der Waals surface area contributed by atoms with Crippen molar-refractivity contribution >= 4 is 0 Å². The van der Waals surface area contributed by atoms with Crippen molar-refractivity contribution in [3.05, 3.63) is 36.1 Å². The fraction of sp³-hybridized carbons (Fsp3) is 0.571. The van der Waals surface area contributed by atoms with Gasteiger partial charge >= 0.3 is 0 Å². The predicted octanol–water partition coefficient (Wildman–Crippen LogP) is 4.65. The Hall–Kier alpha value is -1.81. The molecule has 2 saturated carbocycles. The quantitative estimate of drug-likeness (QED) is 0.860. The Morgan fingerprint density at radius 1 is 1.20 bits per heavy atom. The van der Waals surface area contributed by atoms with Crippen LogP contribution in [-0.2, 0) is 6.54 Å². The molecule has 25 heavy (non-hydrogen) atoms. The second-order valence-electron chi connectivity index (χ2n) is 8.33. The summed E-state index contributed by atoms with van der Waals surface area (Å²) in [5.74, 6) is 4.48. The number of aromatic nitrogens is 1. The number of hydrogen-bond donors (Lipinski definition) is 1. The SMILES string of the molecule is COc1ccc(-c2cc(CNC3(C)CC(C)CC4CC4C3)on2)cc1. The van der Waals surface area contributed by atoms with Crippen LogP contribution in [0.1, 0.15) is 45.3 Å². The van der Waals surface area contributed by atoms with E-state index in [1.165, 1.54) is 25.7 Å². The maximum atomic E-state index is 5.56. The van der Waals surface area contributed by atoms with Gasteiger partial charge in [-0.05, 0) is 74.6 Å². The predicted molar refractivity (Wildman–Crippen MR) is 98.3 cm³/mol. The average molecular weight is 340 g/mol. The van der Waals surface area contributed by atoms with Crippen molar-refractivity contribution < 1.29 is 9.26 Å². The van der Waals surface area contributed by atoms with Gasteiger partial charge in [-0.3, -0.25) is 0 Å². The number of benzene rings is 1. The van der Waals surface area contributed by atoms with E-state index in [4.69, 9.17) is 9.26 Å². The fourth-order valence-corrected chi connectivity index (χ4v) is 4.62. The van der Waals surface area contributed by atoms with Crippen molar-refractivity contribution in [1.29, 1.82) is 0 Å². The molecule has 4 rings (SSSR count). The van der Waals surface area contributed by atoms with Crippen LogP contribution in [0.5, 0.6) is 5.75 Å². The number of nitrogens with zero attached hydrogens (tertiary/aromatic N) is 1. The Morgan fingerprint density at radius 2 is 2.00 bits per heavy atom. The summed E-state index contributed by atoms with van der Waals surface area (Å²) in [6, 6.07) is 9.95. The molecule has 2 fully saturated rings. The Bertz CT molecular complexity index is 720. The topological polar surface area (TPSA) is 47.3 Å². The number of ether oxygens (including phenoxy) is 1. The molecular formula is C21H28N2O2. The molecule has 0 aliphatic heterocycles. The van der Waals surface area contributed by atoms with E-state index in [1.54, 1.807) is 7.11 Å². The third-order valence-electron chi connectivity index (χ3n) is 5.92. The van der Waals surface area contributed by atoms with Gasteiger partial charge in [0.25, 0.3) is 0 Å². The van der Waals surface area contributed by atoms with Crippen molar-refractivity contribution in [1.82, 2.24) is 10.5 Å². The zero-order chi connectivity index (χ0) is 17.4. The maximum Gasteiger partial charge on any atom is 0.151 e. The fourth-order valence-electron chi connectivity index (χ4n) is 4.62. The summed E-state index contributed by atoms with van der Waals surface area (Å²) in [4.78, 5) is 0. The smallest absolute Gasteiger partial charge is 0.151 e. The molecule has 1 heterocycles. The lowest BCUT2D eigenvalue weighted by molar-refractivity contribution is 0.251. The summed E-state index contributed by atoms with van der Waals surface area (Å²) in [6.07, 6.45) is 5.39. The van der Waals surface area contributed by atoms with Gasteiger partial charge in [-0.25, -0.2) is 0 Å². The van der Waals surface area contributed by atoms with Gasteiger partial charge in [-0.1, -0.05) is 12.1 Å². The molecule has 4 atom stereocenters. The van der Waals surface area contributed by atoms with E-state index in [1.807, 2.05) is 30.3 Å². The highest BCUT2D eigenvalue weighted by Gasteiger charge is 2.46. The molecule has 4 nitrogen and oxygen atoms in total. The molecule has 0 bridgehead atoms. The minimum atomic E-state index is 0.211. The van der Waals surface area contributed by atoms with Crippen LogP contribution in [0.2, 0.25) is 0 Å². The largest absolute Gasteiger partial charge is 0.497 e. The number of rotatable bonds is 5. The minimum Gasteiger partial charge on any atom is -0.497 e. The van der Waals surface area contributed by atoms with Crippen LogP contribution < -0.4 is 10.1 Å². The van der Waals surface area contributed by atoms with Crippen LogP contribution in [0.4, 0.5) is 0 Å². The lowest BCUT2D eigenvalue weighted by atomic mass is 9.86. The molecule has 1 N–H and O–H groups in total. The minimum absolute atomic E-state index is 0.211. The van der Waals surface area contributed by atoms with Gasteiger partial charge in [0.05, 0.1) is 13.7 Å². The van der Waals surface area contributed by atoms with Gasteiger partial charge in [-0.2, -0.15) is 0 Å². The molecule has 1 aromatic heterocycles. The van der Waals surface area contributed by atoms with Crippen LogP contribution in [0, 0.1) is 17.8 Å². The van der Waals surface area contributed by atoms with Gasteiger partial charge in [0, 0.05) is 17.2 Å². The van der Waals surface area contributed by atoms with Crippen molar-refractivity contribution in [2.45, 2.75) is 51.6 Å². The van der Waals surface area contributed by atoms with Crippen LogP contribution in [0.15, 0.2) is 34.9 Å². The number of nitrogens with one attached hydrogen (secondary N) is 1. The molecule has 0 radical (unpaired) electrons. The number of hydrogen-bond acceptors (Lipinski definition) is 4. The first-order valence-corrected chi connectivity index (χ1v) is 9.40. The first kappa shape index (κ1) is 16.6. The highest BCUT2D eigenvalue weighted by molar-refractivity contribution is 5.59. The maximum absolute atomic E-state index is 5.56. The van der Waals surface area contributed by atoms with E-state index < -0.39 is 0 Å². The number of fused-ring (bicyclic) bond motifs is 1. The summed E-state index contributed by atoms with van der Waals surface area (Å²) in [5, 5.41) is 8.00. The van der Waals surface area contributed by atoms with E-state index in [9.17, 15) is 0 Å². The highest BCUT2D eigenvalue weighted by Crippen LogP contribution is 2.52. The lowest BCUT2D eigenvalue weighted by Gasteiger charge is -2.32.